The molecule has 3 N–H and O–H groups in total. The Labute approximate surface area is 178 Å². The Balaban J connectivity index is 0.00000261. The van der Waals surface area contributed by atoms with Crippen molar-refractivity contribution in [3.8, 4) is 5.75 Å². The number of nitrogens with one attached hydrogen (secondary N) is 1. The van der Waals surface area contributed by atoms with E-state index >= 15 is 0 Å². The molecule has 1 aromatic heterocycles. The summed E-state index contributed by atoms with van der Waals surface area (Å²) in [5, 5.41) is 3.07. The number of guanidine groups is 1. The van der Waals surface area contributed by atoms with Gasteiger partial charge in [-0.2, -0.15) is 0 Å². The molecule has 2 heterocycles. The number of benzene rings is 1. The highest BCUT2D eigenvalue weighted by Crippen LogP contribution is 2.21. The predicted molar refractivity (Wildman–Crippen MR) is 122 cm³/mol. The quantitative estimate of drug-likeness (QED) is 0.385. The first-order valence-electron chi connectivity index (χ1n) is 9.05. The molecule has 0 amide bonds. The summed E-state index contributed by atoms with van der Waals surface area (Å²) in [6, 6.07) is 11.7. The van der Waals surface area contributed by atoms with E-state index in [9.17, 15) is 0 Å². The molecule has 0 aliphatic carbocycles. The van der Waals surface area contributed by atoms with E-state index in [0.29, 0.717) is 12.5 Å². The fourth-order valence-electron chi connectivity index (χ4n) is 3.00. The Hall–Kier alpha value is -2.03. The van der Waals surface area contributed by atoms with Gasteiger partial charge < -0.3 is 20.7 Å². The smallest absolute Gasteiger partial charge is 0.193 e. The van der Waals surface area contributed by atoms with E-state index in [2.05, 4.69) is 39.2 Å². The van der Waals surface area contributed by atoms with Crippen molar-refractivity contribution in [3.05, 3.63) is 48.2 Å². The molecule has 6 nitrogen and oxygen atoms in total. The normalized spacial score (nSPS) is 15.2. The molecule has 0 atom stereocenters. The summed E-state index contributed by atoms with van der Waals surface area (Å²) in [6.07, 6.45) is 4.36. The van der Waals surface area contributed by atoms with Crippen LogP contribution in [0.4, 0.5) is 11.5 Å². The summed E-state index contributed by atoms with van der Waals surface area (Å²) in [5.41, 5.74) is 7.86. The second-order valence-corrected chi connectivity index (χ2v) is 6.75. The third-order valence-electron chi connectivity index (χ3n) is 4.69. The van der Waals surface area contributed by atoms with Crippen molar-refractivity contribution in [1.82, 2.24) is 4.98 Å². The maximum absolute atomic E-state index is 5.97. The van der Waals surface area contributed by atoms with Gasteiger partial charge in [0, 0.05) is 31.0 Å². The number of nitrogens with two attached hydrogens (primary N) is 1. The van der Waals surface area contributed by atoms with Gasteiger partial charge in [-0.3, -0.25) is 0 Å². The number of rotatable bonds is 5. The first-order chi connectivity index (χ1) is 12.6. The van der Waals surface area contributed by atoms with Gasteiger partial charge in [0.25, 0.3) is 0 Å². The predicted octanol–water partition coefficient (Wildman–Crippen LogP) is 3.87. The van der Waals surface area contributed by atoms with Crippen LogP contribution >= 0.6 is 24.0 Å². The van der Waals surface area contributed by atoms with Gasteiger partial charge in [-0.15, -0.1) is 24.0 Å². The van der Waals surface area contributed by atoms with Crippen molar-refractivity contribution >= 4 is 41.4 Å². The Morgan fingerprint density at radius 1 is 1.30 bits per heavy atom. The third-order valence-corrected chi connectivity index (χ3v) is 4.69. The summed E-state index contributed by atoms with van der Waals surface area (Å²) in [4.78, 5) is 11.3. The molecule has 0 saturated carbocycles. The van der Waals surface area contributed by atoms with Crippen LogP contribution in [-0.4, -0.2) is 31.1 Å². The maximum Gasteiger partial charge on any atom is 0.193 e. The highest BCUT2D eigenvalue weighted by molar-refractivity contribution is 14.0. The van der Waals surface area contributed by atoms with Crippen molar-refractivity contribution in [2.45, 2.75) is 26.3 Å². The van der Waals surface area contributed by atoms with Crippen LogP contribution in [-0.2, 0) is 6.54 Å². The minimum Gasteiger partial charge on any atom is -0.497 e. The van der Waals surface area contributed by atoms with Crippen LogP contribution in [0.25, 0.3) is 0 Å². The van der Waals surface area contributed by atoms with E-state index in [-0.39, 0.29) is 24.0 Å². The number of aliphatic imine (C=N–C) groups is 1. The number of aromatic nitrogens is 1. The third kappa shape index (κ3) is 6.27. The standard InChI is InChI=1S/C20H27N5O.HI/c1-15-8-10-25(11-9-15)19-7-6-16(13-22-19)14-23-20(21)24-17-4-3-5-18(12-17)26-2;/h3-7,12-13,15H,8-11,14H2,1-2H3,(H3,21,23,24);1H. The van der Waals surface area contributed by atoms with E-state index in [1.165, 1.54) is 12.8 Å². The Morgan fingerprint density at radius 3 is 2.74 bits per heavy atom. The highest BCUT2D eigenvalue weighted by atomic mass is 127. The number of hydrogen-bond acceptors (Lipinski definition) is 4. The van der Waals surface area contributed by atoms with Crippen LogP contribution in [0.5, 0.6) is 5.75 Å². The lowest BCUT2D eigenvalue weighted by Crippen LogP contribution is -2.33. The molecule has 0 unspecified atom stereocenters. The molecule has 0 bridgehead atoms. The number of ether oxygens (including phenoxy) is 1. The topological polar surface area (TPSA) is 75.8 Å². The van der Waals surface area contributed by atoms with Crippen molar-refractivity contribution in [1.29, 1.82) is 0 Å². The minimum absolute atomic E-state index is 0. The molecular weight excluding hydrogens is 453 g/mol. The van der Waals surface area contributed by atoms with E-state index in [1.54, 1.807) is 7.11 Å². The van der Waals surface area contributed by atoms with Crippen molar-refractivity contribution in [2.75, 3.05) is 30.4 Å². The molecule has 1 aromatic carbocycles. The molecule has 27 heavy (non-hydrogen) atoms. The molecule has 2 aromatic rings. The number of nitrogens with zero attached hydrogens (tertiary/aromatic N) is 3. The number of piperidine rings is 1. The van der Waals surface area contributed by atoms with Gasteiger partial charge in [-0.25, -0.2) is 9.98 Å². The zero-order chi connectivity index (χ0) is 18.4. The fourth-order valence-corrected chi connectivity index (χ4v) is 3.00. The summed E-state index contributed by atoms with van der Waals surface area (Å²) in [7, 11) is 1.64. The first kappa shape index (κ1) is 21.3. The summed E-state index contributed by atoms with van der Waals surface area (Å²) in [5.74, 6) is 3.01. The second kappa shape index (κ2) is 10.3. The Morgan fingerprint density at radius 2 is 2.07 bits per heavy atom. The van der Waals surface area contributed by atoms with Crippen LogP contribution < -0.4 is 20.7 Å². The van der Waals surface area contributed by atoms with Gasteiger partial charge in [-0.1, -0.05) is 19.1 Å². The summed E-state index contributed by atoms with van der Waals surface area (Å²) < 4.78 is 5.20. The zero-order valence-electron chi connectivity index (χ0n) is 15.9. The Bertz CT molecular complexity index is 742. The lowest BCUT2D eigenvalue weighted by molar-refractivity contribution is 0.415. The average molecular weight is 481 g/mol. The van der Waals surface area contributed by atoms with Crippen molar-refractivity contribution < 1.29 is 4.74 Å². The van der Waals surface area contributed by atoms with E-state index in [1.807, 2.05) is 30.5 Å². The number of anilines is 2. The number of halogens is 1. The van der Waals surface area contributed by atoms with Gasteiger partial charge in [0.2, 0.25) is 0 Å². The second-order valence-electron chi connectivity index (χ2n) is 6.75. The number of hydrogen-bond donors (Lipinski definition) is 2. The average Bonchev–Trinajstić information content (AvgIpc) is 2.67. The van der Waals surface area contributed by atoms with Crippen molar-refractivity contribution in [3.63, 3.8) is 0 Å². The van der Waals surface area contributed by atoms with Crippen molar-refractivity contribution in [2.24, 2.45) is 16.6 Å². The molecule has 146 valence electrons. The van der Waals surface area contributed by atoms with E-state index in [4.69, 9.17) is 10.5 Å². The molecule has 1 saturated heterocycles. The minimum atomic E-state index is 0. The number of pyridine rings is 1. The molecule has 7 heteroatoms. The van der Waals surface area contributed by atoms with Crippen LogP contribution in [0.1, 0.15) is 25.3 Å². The largest absolute Gasteiger partial charge is 0.497 e. The van der Waals surface area contributed by atoms with Gasteiger partial charge in [0.15, 0.2) is 5.96 Å². The SMILES string of the molecule is COc1cccc(NC(N)=NCc2ccc(N3CCC(C)CC3)nc2)c1.I. The maximum atomic E-state index is 5.97. The van der Waals surface area contributed by atoms with Crippen LogP contribution in [0.15, 0.2) is 47.6 Å². The molecule has 0 radical (unpaired) electrons. The number of methoxy groups -OCH3 is 1. The van der Waals surface area contributed by atoms with Gasteiger partial charge >= 0.3 is 0 Å². The van der Waals surface area contributed by atoms with Crippen LogP contribution in [0.3, 0.4) is 0 Å². The lowest BCUT2D eigenvalue weighted by Gasteiger charge is -2.31. The zero-order valence-corrected chi connectivity index (χ0v) is 18.2. The molecule has 1 aliphatic heterocycles. The lowest BCUT2D eigenvalue weighted by atomic mass is 9.99. The van der Waals surface area contributed by atoms with Crippen LogP contribution in [0.2, 0.25) is 0 Å². The van der Waals surface area contributed by atoms with Crippen LogP contribution in [0, 0.1) is 5.92 Å². The van der Waals surface area contributed by atoms with E-state index < -0.39 is 0 Å². The summed E-state index contributed by atoms with van der Waals surface area (Å²) >= 11 is 0. The van der Waals surface area contributed by atoms with Gasteiger partial charge in [-0.05, 0) is 42.5 Å². The molecule has 0 spiro atoms. The fraction of sp³-hybridized carbons (Fsp3) is 0.400. The molecular formula is C20H28IN5O. The molecule has 1 fully saturated rings. The highest BCUT2D eigenvalue weighted by Gasteiger charge is 2.16. The molecule has 1 aliphatic rings. The first-order valence-corrected chi connectivity index (χ1v) is 9.05. The molecule has 3 rings (SSSR count). The monoisotopic (exact) mass is 481 g/mol. The Kier molecular flexibility index (Phi) is 8.15. The van der Waals surface area contributed by atoms with Gasteiger partial charge in [0.05, 0.1) is 13.7 Å². The van der Waals surface area contributed by atoms with E-state index in [0.717, 1.165) is 41.8 Å². The summed E-state index contributed by atoms with van der Waals surface area (Å²) in [6.45, 7) is 4.98. The van der Waals surface area contributed by atoms with Gasteiger partial charge in [0.1, 0.15) is 11.6 Å².